The van der Waals surface area contributed by atoms with Crippen LogP contribution in [0.5, 0.6) is 0 Å². The van der Waals surface area contributed by atoms with Crippen molar-refractivity contribution >= 4 is 107 Å². The van der Waals surface area contributed by atoms with Crippen LogP contribution >= 0.6 is 0 Å². The fourth-order valence-corrected chi connectivity index (χ4v) is 11.9. The number of aliphatic carboxylic acids is 3. The van der Waals surface area contributed by atoms with Gasteiger partial charge in [0.25, 0.3) is 0 Å². The van der Waals surface area contributed by atoms with Crippen LogP contribution in [-0.2, 0) is 102 Å². The number of primary amides is 1. The molecule has 0 aromatic heterocycles. The van der Waals surface area contributed by atoms with Gasteiger partial charge in [-0.25, -0.2) is 9.18 Å². The molecule has 0 bridgehead atoms. The molecule has 0 saturated carbocycles. The fourth-order valence-electron chi connectivity index (χ4n) is 11.9. The molecule has 2 heterocycles. The summed E-state index contributed by atoms with van der Waals surface area (Å²) in [4.78, 5) is 239. The van der Waals surface area contributed by atoms with Gasteiger partial charge in [0.15, 0.2) is 12.3 Å². The molecule has 17 atom stereocenters. The number of hydrogen-bond donors (Lipinski definition) is 25. The molecule has 2 aliphatic rings. The van der Waals surface area contributed by atoms with Crippen LogP contribution in [0.1, 0.15) is 130 Å². The normalized spacial score (nSPS) is 19.1. The van der Waals surface area contributed by atoms with Gasteiger partial charge in [-0.1, -0.05) is 26.0 Å². The maximum Gasteiger partial charge on any atom is 0.328 e. The number of carboxylic acid groups (broad SMARTS) is 3. The third-order valence-corrected chi connectivity index (χ3v) is 18.6. The zero-order valence-corrected chi connectivity index (χ0v) is 65.8. The number of carbonyl (C=O) groups is 18. The first-order valence-electron chi connectivity index (χ1n) is 38.2. The second-order valence-corrected chi connectivity index (χ2v) is 28.5. The van der Waals surface area contributed by atoms with Crippen molar-refractivity contribution in [3.8, 4) is 0 Å². The summed E-state index contributed by atoms with van der Waals surface area (Å²) in [5.41, 5.74) is 22.7. The first-order valence-corrected chi connectivity index (χ1v) is 38.2. The van der Waals surface area contributed by atoms with Crippen molar-refractivity contribution < 1.29 is 141 Å². The van der Waals surface area contributed by atoms with E-state index in [1.807, 2.05) is 19.2 Å². The highest BCUT2D eigenvalue weighted by atomic mass is 19.1. The third-order valence-electron chi connectivity index (χ3n) is 18.6. The monoisotopic (exact) mass is 1680 g/mol. The highest BCUT2D eigenvalue weighted by Crippen LogP contribution is 2.25. The summed E-state index contributed by atoms with van der Waals surface area (Å²) in [7, 11) is 0. The van der Waals surface area contributed by atoms with Gasteiger partial charge >= 0.3 is 17.9 Å². The van der Waals surface area contributed by atoms with Crippen molar-refractivity contribution in [2.75, 3.05) is 59.0 Å². The van der Waals surface area contributed by atoms with Gasteiger partial charge in [0.2, 0.25) is 88.6 Å². The van der Waals surface area contributed by atoms with Crippen molar-refractivity contribution in [2.24, 2.45) is 28.9 Å². The van der Waals surface area contributed by atoms with Gasteiger partial charge in [-0.2, -0.15) is 0 Å². The topological polar surface area (TPSA) is 751 Å². The molecule has 0 radical (unpaired) electrons. The smallest absolute Gasteiger partial charge is 0.328 e. The summed E-state index contributed by atoms with van der Waals surface area (Å²) < 4.78 is 25.4. The van der Waals surface area contributed by atoms with E-state index in [2.05, 4.69) is 63.8 Å². The molecule has 15 amide bonds. The number of ether oxygens (including phenoxy) is 2. The number of carbonyl (C=O) groups excluding carboxylic acids is 15. The Morgan fingerprint density at radius 1 is 0.525 bits per heavy atom. The number of halogens is 1. The third kappa shape index (κ3) is 36.4. The Bertz CT molecular complexity index is 3600. The van der Waals surface area contributed by atoms with Crippen LogP contribution in [0, 0.1) is 11.7 Å². The first kappa shape index (κ1) is 101. The molecule has 2 aliphatic heterocycles. The zero-order valence-electron chi connectivity index (χ0n) is 65.8. The van der Waals surface area contributed by atoms with Gasteiger partial charge in [-0.05, 0) is 121 Å². The molecule has 46 nitrogen and oxygen atoms in total. The molecule has 662 valence electrons. The second kappa shape index (κ2) is 52.1. The average molecular weight is 1690 g/mol. The van der Waals surface area contributed by atoms with Crippen molar-refractivity contribution in [3.05, 3.63) is 35.6 Å². The molecule has 3 rings (SSSR count). The van der Waals surface area contributed by atoms with E-state index in [9.17, 15) is 132 Å². The molecule has 29 N–H and O–H groups in total. The first-order chi connectivity index (χ1) is 55.6. The number of amides is 15. The summed E-state index contributed by atoms with van der Waals surface area (Å²) >= 11 is 0. The second-order valence-electron chi connectivity index (χ2n) is 28.5. The van der Waals surface area contributed by atoms with E-state index in [0.717, 1.165) is 24.0 Å². The number of unbranched alkanes of at least 4 members (excludes halogenated alkanes) is 1. The molecule has 47 heteroatoms. The molecular formula is C71H113FN18O28. The summed E-state index contributed by atoms with van der Waals surface area (Å²) in [6.45, 7) is 0.793. The Hall–Kier alpha value is -10.8. The quantitative estimate of drug-likeness (QED) is 0.0269. The molecule has 0 aliphatic carbocycles. The average Bonchev–Trinajstić information content (AvgIpc) is 0.924. The van der Waals surface area contributed by atoms with E-state index in [-0.39, 0.29) is 63.1 Å². The van der Waals surface area contributed by atoms with Crippen molar-refractivity contribution in [3.63, 3.8) is 0 Å². The molecule has 118 heavy (non-hydrogen) atoms. The highest BCUT2D eigenvalue weighted by molar-refractivity contribution is 5.99. The number of rotatable bonds is 54. The van der Waals surface area contributed by atoms with E-state index < -0.39 is 313 Å². The Kier molecular flexibility index (Phi) is 44.8. The molecule has 1 aromatic rings. The van der Waals surface area contributed by atoms with Crippen LogP contribution in [0.4, 0.5) is 4.39 Å². The fraction of sp³-hybridized carbons (Fsp3) is 0.662. The molecule has 1 aromatic carbocycles. The van der Waals surface area contributed by atoms with E-state index in [1.54, 1.807) is 0 Å². The van der Waals surface area contributed by atoms with E-state index in [0.29, 0.717) is 12.8 Å². The van der Waals surface area contributed by atoms with Gasteiger partial charge in [-0.15, -0.1) is 0 Å². The number of likely N-dealkylation sites (tertiary alicyclic amines) is 1. The lowest BCUT2D eigenvalue weighted by Crippen LogP contribution is -2.60. The number of aliphatic hydroxyl groups excluding tert-OH is 5. The maximum atomic E-state index is 14.5. The minimum atomic E-state index is -1.94. The van der Waals surface area contributed by atoms with Gasteiger partial charge in [0.1, 0.15) is 84.6 Å². The minimum Gasteiger partial charge on any atom is -0.481 e. The molecule has 0 unspecified atom stereocenters. The van der Waals surface area contributed by atoms with Gasteiger partial charge < -0.3 is 147 Å². The van der Waals surface area contributed by atoms with Gasteiger partial charge in [0.05, 0.1) is 51.5 Å². The molecule has 0 spiro atoms. The van der Waals surface area contributed by atoms with Crippen LogP contribution in [0.2, 0.25) is 0 Å². The van der Waals surface area contributed by atoms with Gasteiger partial charge in [-0.3, -0.25) is 81.5 Å². The van der Waals surface area contributed by atoms with Crippen molar-refractivity contribution in [1.82, 2.24) is 74.0 Å². The lowest BCUT2D eigenvalue weighted by atomic mass is 9.99. The maximum absolute atomic E-state index is 14.5. The molecule has 2 saturated heterocycles. The van der Waals surface area contributed by atoms with Crippen LogP contribution in [-0.4, -0.2) is 315 Å². The van der Waals surface area contributed by atoms with Crippen molar-refractivity contribution in [2.45, 2.75) is 234 Å². The van der Waals surface area contributed by atoms with Crippen LogP contribution < -0.4 is 92.1 Å². The largest absolute Gasteiger partial charge is 0.481 e. The standard InChI is InChI=1S/C71H113FN18O28/c1-34(2)10-16-43(82-50(94)28-75)65(110)81-35(3)61(106)77-29-53(97)85-46(26-37-11-13-38(72)14-12-37)68(113)87-41(17-15-39(27-74)117-71-60(105)59(104)58(103)48(33-91)118-71)63(108)79-31-51(95)83-44(19-22-55(99)100)66(111)86-42(18-21-49(76)93)64(109)80-32-54(98)90-25-7-9-47(90)69(114)88-40(8-5-6-24-73)62(107)78-30-52(96)84-45(20-23-56(101)102)67(112)89-57(36(4)92)70(115)116/h11-14,34-36,39-48,57-60,71,91-92,103-105H,5-10,15-33,73-75H2,1-4H3,(H2,76,93)(H,77,106)(H,78,107)(H,79,108)(H,80,109)(H,81,110)(H,82,94)(H,83,95)(H,84,96)(H,85,97)(H,86,111)(H,87,113)(H,88,114)(H,89,112)(H,99,100)(H,101,102)(H,115,116)/t35-,36+,39+,40-,41-,42-,43-,44-,45-,46-,47-,48+,57-,58-,59-,60+,71+/m0/s1. The number of benzene rings is 1. The minimum absolute atomic E-state index is 0.0208. The van der Waals surface area contributed by atoms with Crippen molar-refractivity contribution in [1.29, 1.82) is 0 Å². The predicted octanol–water partition coefficient (Wildman–Crippen LogP) is -10.9. The highest BCUT2D eigenvalue weighted by Gasteiger charge is 2.46. The predicted molar refractivity (Wildman–Crippen MR) is 404 cm³/mol. The van der Waals surface area contributed by atoms with E-state index in [4.69, 9.17) is 32.4 Å². The van der Waals surface area contributed by atoms with Crippen LogP contribution in [0.25, 0.3) is 0 Å². The summed E-state index contributed by atoms with van der Waals surface area (Å²) in [6.07, 6.45) is -15.6. The number of nitrogens with two attached hydrogens (primary N) is 4. The number of carboxylic acids is 3. The lowest BCUT2D eigenvalue weighted by Gasteiger charge is -2.40. The summed E-state index contributed by atoms with van der Waals surface area (Å²) in [5, 5.41) is 110. The Morgan fingerprint density at radius 3 is 1.49 bits per heavy atom. The summed E-state index contributed by atoms with van der Waals surface area (Å²) in [5.74, 6) is -20.4. The number of nitrogens with zero attached hydrogens (tertiary/aromatic N) is 1. The Morgan fingerprint density at radius 2 is 0.992 bits per heavy atom. The Balaban J connectivity index is 1.87. The van der Waals surface area contributed by atoms with E-state index in [1.165, 1.54) is 19.1 Å². The number of hydrogen-bond acceptors (Lipinski definition) is 28. The molecule has 2 fully saturated rings. The van der Waals surface area contributed by atoms with Crippen LogP contribution in [0.15, 0.2) is 24.3 Å². The van der Waals surface area contributed by atoms with E-state index >= 15 is 0 Å². The Labute approximate surface area is 676 Å². The number of aliphatic hydroxyl groups is 5. The van der Waals surface area contributed by atoms with Gasteiger partial charge in [0, 0.05) is 38.8 Å². The number of nitrogens with one attached hydrogen (secondary N) is 13. The zero-order chi connectivity index (χ0) is 88.6. The molecular weight excluding hydrogens is 1570 g/mol. The van der Waals surface area contributed by atoms with Crippen LogP contribution in [0.3, 0.4) is 0 Å². The SMILES string of the molecule is CC(C)CC[C@H](NC(=O)CN)C(=O)N[C@@H](C)C(=O)NCC(=O)N[C@@H](Cc1ccc(F)cc1)C(=O)N[C@@H](CC[C@H](CN)O[C@@H]1O[C@H](CO)[C@H](O)[C@H](O)[C@H]1O)C(=O)NCC(=O)N[C@@H](CCC(=O)O)C(=O)N[C@@H](CCC(N)=O)C(=O)NCC(=O)N1CCC[C@H]1C(=O)N[C@@H](CCCCN)C(=O)NCC(=O)N[C@@H](CCC(=O)O)C(=O)N[C@H](C(=O)O)[C@@H](C)O. The lowest BCUT2D eigenvalue weighted by molar-refractivity contribution is -0.310. The summed E-state index contributed by atoms with van der Waals surface area (Å²) in [6, 6.07) is -11.1.